The third kappa shape index (κ3) is 5.29. The summed E-state index contributed by atoms with van der Waals surface area (Å²) < 4.78 is 71.0. The van der Waals surface area contributed by atoms with Crippen molar-refractivity contribution in [3.05, 3.63) is 54.4 Å². The maximum Gasteiger partial charge on any atom is 0.574 e. The van der Waals surface area contributed by atoms with Crippen molar-refractivity contribution < 1.29 is 26.5 Å². The predicted molar refractivity (Wildman–Crippen MR) is 137 cm³/mol. The van der Waals surface area contributed by atoms with Crippen LogP contribution in [-0.2, 0) is 24.3 Å². The molecule has 5 heterocycles. The molecule has 13 heteroatoms. The van der Waals surface area contributed by atoms with Gasteiger partial charge in [-0.15, -0.1) is 13.2 Å². The van der Waals surface area contributed by atoms with Crippen LogP contribution in [0, 0.1) is 5.82 Å². The number of halogens is 4. The van der Waals surface area contributed by atoms with Gasteiger partial charge in [-0.25, -0.2) is 14.4 Å². The van der Waals surface area contributed by atoms with Crippen molar-refractivity contribution in [2.24, 2.45) is 7.05 Å². The van der Waals surface area contributed by atoms with E-state index in [2.05, 4.69) is 19.7 Å². The Kier molecular flexibility index (Phi) is 6.45. The largest absolute Gasteiger partial charge is 0.574 e. The van der Waals surface area contributed by atoms with E-state index in [0.717, 1.165) is 79.2 Å². The molecule has 1 aliphatic carbocycles. The zero-order valence-electron chi connectivity index (χ0n) is 21.1. The lowest BCUT2D eigenvalue weighted by Gasteiger charge is -2.34. The standard InChI is InChI=1S/C26H26F4N6O2S/c1-34-16-19(14-32-34)36-15-17(4-5-25(6-7-25)35-8-10-39(37)11-9-35)20-2-3-22(33-23(20)36)18-12-21(27)24(31-13-18)38-26(28,29)30/h2-3,12-16H,4-11H2,1H3. The Morgan fingerprint density at radius 1 is 1.13 bits per heavy atom. The average molecular weight is 563 g/mol. The third-order valence-electron chi connectivity index (χ3n) is 7.55. The summed E-state index contributed by atoms with van der Waals surface area (Å²) in [5.74, 6) is -0.908. The van der Waals surface area contributed by atoms with Crippen molar-refractivity contribution in [2.75, 3.05) is 24.6 Å². The van der Waals surface area contributed by atoms with Crippen LogP contribution in [0.2, 0.25) is 0 Å². The molecule has 0 unspecified atom stereocenters. The van der Waals surface area contributed by atoms with Crippen LogP contribution in [0.4, 0.5) is 17.6 Å². The lowest BCUT2D eigenvalue weighted by Crippen LogP contribution is -2.46. The normalized spacial score (nSPS) is 18.1. The van der Waals surface area contributed by atoms with Gasteiger partial charge in [-0.2, -0.15) is 5.10 Å². The Morgan fingerprint density at radius 2 is 1.90 bits per heavy atom. The van der Waals surface area contributed by atoms with Gasteiger partial charge in [0, 0.05) is 77.5 Å². The smallest absolute Gasteiger partial charge is 0.385 e. The van der Waals surface area contributed by atoms with Crippen LogP contribution in [0.1, 0.15) is 24.8 Å². The number of aromatic nitrogens is 5. The molecule has 1 aliphatic heterocycles. The van der Waals surface area contributed by atoms with Gasteiger partial charge in [0.05, 0.1) is 17.6 Å². The van der Waals surface area contributed by atoms with E-state index in [-0.39, 0.29) is 11.1 Å². The first-order chi connectivity index (χ1) is 18.6. The van der Waals surface area contributed by atoms with Crippen LogP contribution in [0.3, 0.4) is 0 Å². The molecule has 0 amide bonds. The maximum atomic E-state index is 14.4. The number of nitrogens with zero attached hydrogens (tertiary/aromatic N) is 6. The first-order valence-corrected chi connectivity index (χ1v) is 14.1. The van der Waals surface area contributed by atoms with Gasteiger partial charge in [0.1, 0.15) is 5.65 Å². The molecule has 0 atom stereocenters. The van der Waals surface area contributed by atoms with Crippen molar-refractivity contribution >= 4 is 21.8 Å². The molecule has 0 N–H and O–H groups in total. The number of hydrogen-bond donors (Lipinski definition) is 0. The van der Waals surface area contributed by atoms with Gasteiger partial charge in [-0.3, -0.25) is 18.4 Å². The molecule has 0 aromatic carbocycles. The molecule has 39 heavy (non-hydrogen) atoms. The lowest BCUT2D eigenvalue weighted by molar-refractivity contribution is -0.277. The Bertz CT molecular complexity index is 1550. The average Bonchev–Trinajstić information content (AvgIpc) is 3.42. The first kappa shape index (κ1) is 25.9. The molecule has 1 saturated carbocycles. The number of hydrogen-bond acceptors (Lipinski definition) is 6. The number of pyridine rings is 2. The number of aryl methyl sites for hydroxylation is 2. The Labute approximate surface area is 224 Å². The Morgan fingerprint density at radius 3 is 2.54 bits per heavy atom. The van der Waals surface area contributed by atoms with Gasteiger partial charge in [0.2, 0.25) is 0 Å². The van der Waals surface area contributed by atoms with E-state index in [9.17, 15) is 21.8 Å². The molecular weight excluding hydrogens is 536 g/mol. The van der Waals surface area contributed by atoms with E-state index in [1.54, 1.807) is 16.9 Å². The monoisotopic (exact) mass is 562 g/mol. The molecule has 2 fully saturated rings. The molecule has 8 nitrogen and oxygen atoms in total. The van der Waals surface area contributed by atoms with E-state index >= 15 is 0 Å². The van der Waals surface area contributed by atoms with Gasteiger partial charge in [-0.1, -0.05) is 0 Å². The van der Waals surface area contributed by atoms with Crippen LogP contribution in [0.15, 0.2) is 43.0 Å². The predicted octanol–water partition coefficient (Wildman–Crippen LogP) is 4.39. The van der Waals surface area contributed by atoms with Crippen LogP contribution in [0.25, 0.3) is 28.0 Å². The summed E-state index contributed by atoms with van der Waals surface area (Å²) in [4.78, 5) is 10.8. The fourth-order valence-electron chi connectivity index (χ4n) is 5.36. The second kappa shape index (κ2) is 9.70. The van der Waals surface area contributed by atoms with Crippen LogP contribution in [-0.4, -0.2) is 69.9 Å². The summed E-state index contributed by atoms with van der Waals surface area (Å²) in [5.41, 5.74) is 3.29. The fraction of sp³-hybridized carbons (Fsp3) is 0.423. The fourth-order valence-corrected chi connectivity index (χ4v) is 6.41. The number of ether oxygens (including phenoxy) is 1. The van der Waals surface area contributed by atoms with Crippen molar-refractivity contribution in [3.8, 4) is 22.8 Å². The molecule has 4 aromatic heterocycles. The van der Waals surface area contributed by atoms with Gasteiger partial charge < -0.3 is 4.74 Å². The topological polar surface area (TPSA) is 78.1 Å². The van der Waals surface area contributed by atoms with Gasteiger partial charge in [-0.05, 0) is 49.4 Å². The minimum atomic E-state index is -5.04. The molecule has 4 aromatic rings. The molecule has 0 spiro atoms. The molecule has 0 radical (unpaired) electrons. The Hall–Kier alpha value is -3.32. The Balaban J connectivity index is 1.32. The van der Waals surface area contributed by atoms with Crippen molar-refractivity contribution in [2.45, 2.75) is 37.6 Å². The van der Waals surface area contributed by atoms with Crippen molar-refractivity contribution in [1.82, 2.24) is 29.2 Å². The highest BCUT2D eigenvalue weighted by Crippen LogP contribution is 2.46. The summed E-state index contributed by atoms with van der Waals surface area (Å²) >= 11 is 0. The van der Waals surface area contributed by atoms with E-state index in [1.807, 2.05) is 30.1 Å². The summed E-state index contributed by atoms with van der Waals surface area (Å²) in [6.45, 7) is 1.73. The van der Waals surface area contributed by atoms with Gasteiger partial charge in [0.15, 0.2) is 5.82 Å². The highest BCUT2D eigenvalue weighted by molar-refractivity contribution is 7.85. The zero-order valence-corrected chi connectivity index (χ0v) is 21.9. The minimum Gasteiger partial charge on any atom is -0.385 e. The van der Waals surface area contributed by atoms with Crippen molar-refractivity contribution in [3.63, 3.8) is 0 Å². The zero-order chi connectivity index (χ0) is 27.4. The SMILES string of the molecule is Cn1cc(-n2cc(CCC3(N4CCS(=O)CC4)CC3)c3ccc(-c4cnc(OC(F)(F)F)c(F)c4)nc32)cn1. The van der Waals surface area contributed by atoms with E-state index in [1.165, 1.54) is 0 Å². The van der Waals surface area contributed by atoms with Crippen LogP contribution < -0.4 is 4.74 Å². The van der Waals surface area contributed by atoms with E-state index in [4.69, 9.17) is 4.98 Å². The molecule has 1 saturated heterocycles. The minimum absolute atomic E-state index is 0.157. The van der Waals surface area contributed by atoms with E-state index < -0.39 is 28.9 Å². The summed E-state index contributed by atoms with van der Waals surface area (Å²) in [7, 11) is 1.10. The second-order valence-electron chi connectivity index (χ2n) is 10.1. The lowest BCUT2D eigenvalue weighted by atomic mass is 10.0. The van der Waals surface area contributed by atoms with Gasteiger partial charge in [0.25, 0.3) is 5.88 Å². The number of fused-ring (bicyclic) bond motifs is 1. The van der Waals surface area contributed by atoms with E-state index in [0.29, 0.717) is 11.3 Å². The van der Waals surface area contributed by atoms with Crippen LogP contribution in [0.5, 0.6) is 5.88 Å². The highest BCUT2D eigenvalue weighted by atomic mass is 32.2. The summed E-state index contributed by atoms with van der Waals surface area (Å²) in [6, 6.07) is 4.55. The molecule has 206 valence electrons. The molecular formula is C26H26F4N6O2S. The first-order valence-electron chi connectivity index (χ1n) is 12.6. The molecule has 2 aliphatic rings. The summed E-state index contributed by atoms with van der Waals surface area (Å²) in [6.07, 6.45) is 5.76. The van der Waals surface area contributed by atoms with Gasteiger partial charge >= 0.3 is 6.36 Å². The number of alkyl halides is 3. The third-order valence-corrected chi connectivity index (χ3v) is 8.83. The van der Waals surface area contributed by atoms with Crippen molar-refractivity contribution in [1.29, 1.82) is 0 Å². The molecule has 0 bridgehead atoms. The maximum absolute atomic E-state index is 14.4. The summed E-state index contributed by atoms with van der Waals surface area (Å²) in [5, 5.41) is 5.21. The highest BCUT2D eigenvalue weighted by Gasteiger charge is 2.47. The molecule has 6 rings (SSSR count). The number of rotatable bonds is 7. The quantitative estimate of drug-likeness (QED) is 0.311. The van der Waals surface area contributed by atoms with Crippen LogP contribution >= 0.6 is 0 Å². The second-order valence-corrected chi connectivity index (χ2v) is 11.8.